The first-order valence-corrected chi connectivity index (χ1v) is 7.17. The van der Waals surface area contributed by atoms with Gasteiger partial charge in [-0.25, -0.2) is 4.79 Å². The third-order valence-corrected chi connectivity index (χ3v) is 4.10. The van der Waals surface area contributed by atoms with Crippen LogP contribution in [0.5, 0.6) is 0 Å². The molecule has 1 saturated heterocycles. The van der Waals surface area contributed by atoms with Crippen LogP contribution in [-0.4, -0.2) is 33.6 Å². The molecule has 2 atom stereocenters. The number of benzene rings is 1. The quantitative estimate of drug-likeness (QED) is 0.526. The highest BCUT2D eigenvalue weighted by atomic mass is 16.6. The summed E-state index contributed by atoms with van der Waals surface area (Å²) in [7, 11) is 0. The number of amides is 1. The van der Waals surface area contributed by atoms with Crippen molar-refractivity contribution in [3.8, 4) is 12.3 Å². The summed E-state index contributed by atoms with van der Waals surface area (Å²) in [6.45, 7) is 0.485. The van der Waals surface area contributed by atoms with E-state index in [0.717, 1.165) is 18.4 Å². The van der Waals surface area contributed by atoms with E-state index in [4.69, 9.17) is 6.42 Å². The van der Waals surface area contributed by atoms with E-state index in [1.807, 2.05) is 0 Å². The van der Waals surface area contributed by atoms with Crippen LogP contribution in [0.15, 0.2) is 24.3 Å². The number of hydrogen-bond acceptors (Lipinski definition) is 3. The van der Waals surface area contributed by atoms with E-state index >= 15 is 0 Å². The Morgan fingerprint density at radius 2 is 2.14 bits per heavy atom. The van der Waals surface area contributed by atoms with E-state index in [2.05, 4.69) is 5.92 Å². The van der Waals surface area contributed by atoms with Crippen molar-refractivity contribution in [3.05, 3.63) is 39.9 Å². The maximum absolute atomic E-state index is 11.4. The van der Waals surface area contributed by atoms with Gasteiger partial charge in [-0.15, -0.1) is 12.3 Å². The zero-order valence-electron chi connectivity index (χ0n) is 12.1. The molecule has 0 bridgehead atoms. The number of carboxylic acid groups (broad SMARTS) is 1. The van der Waals surface area contributed by atoms with Gasteiger partial charge in [-0.05, 0) is 30.7 Å². The van der Waals surface area contributed by atoms with Gasteiger partial charge in [0.1, 0.15) is 0 Å². The van der Waals surface area contributed by atoms with Gasteiger partial charge < -0.3 is 10.0 Å². The highest BCUT2D eigenvalue weighted by Gasteiger charge is 2.31. The number of likely N-dealkylation sites (tertiary alicyclic amines) is 1. The molecule has 116 valence electrons. The summed E-state index contributed by atoms with van der Waals surface area (Å²) in [5, 5.41) is 20.0. The zero-order valence-corrected chi connectivity index (χ0v) is 12.1. The largest absolute Gasteiger partial charge is 0.465 e. The topological polar surface area (TPSA) is 83.7 Å². The number of piperidine rings is 1. The predicted octanol–water partition coefficient (Wildman–Crippen LogP) is 2.92. The number of non-ortho nitro benzene ring substituents is 1. The number of carbonyl (C=O) groups is 1. The van der Waals surface area contributed by atoms with Crippen molar-refractivity contribution >= 4 is 11.8 Å². The van der Waals surface area contributed by atoms with Gasteiger partial charge in [0.15, 0.2) is 0 Å². The molecule has 0 radical (unpaired) electrons. The molecule has 22 heavy (non-hydrogen) atoms. The summed E-state index contributed by atoms with van der Waals surface area (Å²) in [5.74, 6) is 2.98. The van der Waals surface area contributed by atoms with Crippen LogP contribution >= 0.6 is 0 Å². The second-order valence-corrected chi connectivity index (χ2v) is 5.56. The van der Waals surface area contributed by atoms with Gasteiger partial charge >= 0.3 is 6.09 Å². The predicted molar refractivity (Wildman–Crippen MR) is 81.5 cm³/mol. The lowest BCUT2D eigenvalue weighted by Gasteiger charge is -2.37. The first kappa shape index (κ1) is 15.8. The average Bonchev–Trinajstić information content (AvgIpc) is 2.48. The van der Waals surface area contributed by atoms with Crippen molar-refractivity contribution in [2.45, 2.75) is 31.7 Å². The SMILES string of the molecule is C#CCC1CCN(C(=O)O)C(Cc2ccc([N+](=O)[O-])cc2)C1. The fourth-order valence-corrected chi connectivity index (χ4v) is 2.96. The molecule has 1 N–H and O–H groups in total. The smallest absolute Gasteiger partial charge is 0.407 e. The van der Waals surface area contributed by atoms with Crippen molar-refractivity contribution in [1.29, 1.82) is 0 Å². The first-order valence-electron chi connectivity index (χ1n) is 7.17. The molecule has 1 heterocycles. The number of nitrogens with zero attached hydrogens (tertiary/aromatic N) is 2. The summed E-state index contributed by atoms with van der Waals surface area (Å²) in [5.41, 5.74) is 0.927. The Morgan fingerprint density at radius 1 is 1.45 bits per heavy atom. The van der Waals surface area contributed by atoms with Crippen molar-refractivity contribution in [2.75, 3.05) is 6.54 Å². The molecule has 6 nitrogen and oxygen atoms in total. The van der Waals surface area contributed by atoms with E-state index in [-0.39, 0.29) is 11.7 Å². The van der Waals surface area contributed by atoms with E-state index < -0.39 is 11.0 Å². The molecule has 1 aromatic rings. The third kappa shape index (κ3) is 3.76. The highest BCUT2D eigenvalue weighted by Crippen LogP contribution is 2.28. The van der Waals surface area contributed by atoms with Crippen LogP contribution in [0, 0.1) is 28.4 Å². The lowest BCUT2D eigenvalue weighted by molar-refractivity contribution is -0.384. The van der Waals surface area contributed by atoms with Crippen molar-refractivity contribution in [1.82, 2.24) is 4.90 Å². The Balaban J connectivity index is 2.10. The number of nitro benzene ring substituents is 1. The Bertz CT molecular complexity index is 591. The molecule has 6 heteroatoms. The molecule has 0 saturated carbocycles. The standard InChI is InChI=1S/C16H18N2O4/c1-2-3-12-8-9-17(16(19)20)15(10-12)11-13-4-6-14(7-5-13)18(21)22/h1,4-7,12,15H,3,8-11H2,(H,19,20). The van der Waals surface area contributed by atoms with Crippen molar-refractivity contribution < 1.29 is 14.8 Å². The second kappa shape index (κ2) is 6.94. The lowest BCUT2D eigenvalue weighted by Crippen LogP contribution is -2.46. The summed E-state index contributed by atoms with van der Waals surface area (Å²) in [6, 6.07) is 6.13. The van der Waals surface area contributed by atoms with Crippen LogP contribution in [0.2, 0.25) is 0 Å². The zero-order chi connectivity index (χ0) is 16.1. The van der Waals surface area contributed by atoms with Crippen LogP contribution in [0.4, 0.5) is 10.5 Å². The van der Waals surface area contributed by atoms with Gasteiger partial charge in [0.25, 0.3) is 5.69 Å². The molecular formula is C16H18N2O4. The van der Waals surface area contributed by atoms with Crippen molar-refractivity contribution in [2.24, 2.45) is 5.92 Å². The van der Waals surface area contributed by atoms with E-state index in [0.29, 0.717) is 25.3 Å². The summed E-state index contributed by atoms with van der Waals surface area (Å²) in [4.78, 5) is 23.0. The molecule has 1 aromatic carbocycles. The van der Waals surface area contributed by atoms with E-state index in [1.165, 1.54) is 17.0 Å². The van der Waals surface area contributed by atoms with Gasteiger partial charge in [-0.1, -0.05) is 12.1 Å². The molecule has 1 aliphatic heterocycles. The van der Waals surface area contributed by atoms with Gasteiger partial charge in [-0.3, -0.25) is 10.1 Å². The fourth-order valence-electron chi connectivity index (χ4n) is 2.96. The second-order valence-electron chi connectivity index (χ2n) is 5.56. The fraction of sp³-hybridized carbons (Fsp3) is 0.438. The minimum Gasteiger partial charge on any atom is -0.465 e. The number of rotatable bonds is 4. The number of terminal acetylenes is 1. The maximum atomic E-state index is 11.4. The minimum absolute atomic E-state index is 0.0349. The Hall–Kier alpha value is -2.55. The van der Waals surface area contributed by atoms with Crippen molar-refractivity contribution in [3.63, 3.8) is 0 Å². The maximum Gasteiger partial charge on any atom is 0.407 e. The summed E-state index contributed by atoms with van der Waals surface area (Å²) >= 11 is 0. The van der Waals surface area contributed by atoms with Gasteiger partial charge in [0, 0.05) is 31.1 Å². The molecular weight excluding hydrogens is 284 g/mol. The van der Waals surface area contributed by atoms with Crippen LogP contribution in [0.25, 0.3) is 0 Å². The Morgan fingerprint density at radius 3 is 2.68 bits per heavy atom. The molecule has 1 amide bonds. The minimum atomic E-state index is -0.925. The Kier molecular flexibility index (Phi) is 4.99. The number of hydrogen-bond donors (Lipinski definition) is 1. The number of nitro groups is 1. The highest BCUT2D eigenvalue weighted by molar-refractivity contribution is 5.65. The average molecular weight is 302 g/mol. The van der Waals surface area contributed by atoms with E-state index in [9.17, 15) is 20.0 Å². The molecule has 1 fully saturated rings. The monoisotopic (exact) mass is 302 g/mol. The third-order valence-electron chi connectivity index (χ3n) is 4.10. The molecule has 0 aromatic heterocycles. The van der Waals surface area contributed by atoms with E-state index in [1.54, 1.807) is 12.1 Å². The first-order chi connectivity index (χ1) is 10.5. The lowest BCUT2D eigenvalue weighted by atomic mass is 9.86. The molecule has 2 rings (SSSR count). The molecule has 2 unspecified atom stereocenters. The Labute approximate surface area is 128 Å². The molecule has 1 aliphatic rings. The van der Waals surface area contributed by atoms with Crippen LogP contribution in [0.3, 0.4) is 0 Å². The van der Waals surface area contributed by atoms with Crippen LogP contribution in [0.1, 0.15) is 24.8 Å². The van der Waals surface area contributed by atoms with Gasteiger partial charge in [-0.2, -0.15) is 0 Å². The normalized spacial score (nSPS) is 21.1. The van der Waals surface area contributed by atoms with Crippen LogP contribution in [-0.2, 0) is 6.42 Å². The molecule has 0 aliphatic carbocycles. The molecule has 0 spiro atoms. The van der Waals surface area contributed by atoms with Gasteiger partial charge in [0.05, 0.1) is 4.92 Å². The summed E-state index contributed by atoms with van der Waals surface area (Å²) < 4.78 is 0. The summed E-state index contributed by atoms with van der Waals surface area (Å²) in [6.07, 6.45) is 7.15. The van der Waals surface area contributed by atoms with Crippen LogP contribution < -0.4 is 0 Å². The van der Waals surface area contributed by atoms with Gasteiger partial charge in [0.2, 0.25) is 0 Å².